The molecule has 0 bridgehead atoms. The maximum atomic E-state index is 5.72. The summed E-state index contributed by atoms with van der Waals surface area (Å²) >= 11 is 0. The molecule has 0 radical (unpaired) electrons. The molecular weight excluding hydrogens is 186 g/mol. The Balaban J connectivity index is 2.44. The third-order valence-electron chi connectivity index (χ3n) is 2.20. The summed E-state index contributed by atoms with van der Waals surface area (Å²) < 4.78 is 0. The van der Waals surface area contributed by atoms with Crippen molar-refractivity contribution >= 4 is 5.69 Å². The second kappa shape index (κ2) is 4.09. The zero-order chi connectivity index (χ0) is 10.7. The van der Waals surface area contributed by atoms with Crippen molar-refractivity contribution in [3.63, 3.8) is 0 Å². The Kier molecular flexibility index (Phi) is 2.63. The molecule has 0 saturated carbocycles. The summed E-state index contributed by atoms with van der Waals surface area (Å²) in [5, 5.41) is 0. The van der Waals surface area contributed by atoms with Crippen molar-refractivity contribution in [2.75, 3.05) is 5.73 Å². The normalized spacial score (nSPS) is 10.2. The van der Waals surface area contributed by atoms with E-state index in [1.54, 1.807) is 6.20 Å². The zero-order valence-corrected chi connectivity index (χ0v) is 8.64. The molecule has 3 nitrogen and oxygen atoms in total. The lowest BCUT2D eigenvalue weighted by atomic mass is 10.1. The predicted octanol–water partition coefficient (Wildman–Crippen LogP) is 2.29. The average Bonchev–Trinajstić information content (AvgIpc) is 2.29. The van der Waals surface area contributed by atoms with Crippen molar-refractivity contribution in [2.24, 2.45) is 0 Å². The minimum Gasteiger partial charge on any atom is -0.399 e. The van der Waals surface area contributed by atoms with Crippen molar-refractivity contribution in [2.45, 2.75) is 13.3 Å². The van der Waals surface area contributed by atoms with Crippen molar-refractivity contribution in [1.82, 2.24) is 9.97 Å². The van der Waals surface area contributed by atoms with Gasteiger partial charge in [-0.05, 0) is 18.2 Å². The fourth-order valence-electron chi connectivity index (χ4n) is 1.43. The Morgan fingerprint density at radius 2 is 2.13 bits per heavy atom. The van der Waals surface area contributed by atoms with Gasteiger partial charge in [-0.2, -0.15) is 0 Å². The van der Waals surface area contributed by atoms with E-state index in [1.165, 1.54) is 0 Å². The molecule has 0 amide bonds. The second-order valence-corrected chi connectivity index (χ2v) is 3.34. The number of nitrogens with zero attached hydrogens (tertiary/aromatic N) is 2. The summed E-state index contributed by atoms with van der Waals surface area (Å²) in [5.74, 6) is 0.856. The Hall–Kier alpha value is -1.90. The summed E-state index contributed by atoms with van der Waals surface area (Å²) in [5.41, 5.74) is 8.44. The Labute approximate surface area is 89.0 Å². The number of hydrogen-bond acceptors (Lipinski definition) is 3. The first-order valence-electron chi connectivity index (χ1n) is 4.97. The molecule has 0 atom stereocenters. The molecular formula is C12H13N3. The van der Waals surface area contributed by atoms with Gasteiger partial charge < -0.3 is 5.73 Å². The summed E-state index contributed by atoms with van der Waals surface area (Å²) in [7, 11) is 0. The number of aryl methyl sites for hydroxylation is 1. The molecule has 0 spiro atoms. The van der Waals surface area contributed by atoms with E-state index in [1.807, 2.05) is 37.3 Å². The fourth-order valence-corrected chi connectivity index (χ4v) is 1.43. The van der Waals surface area contributed by atoms with E-state index >= 15 is 0 Å². The van der Waals surface area contributed by atoms with Crippen LogP contribution in [0.2, 0.25) is 0 Å². The molecule has 2 aromatic rings. The molecule has 2 N–H and O–H groups in total. The SMILES string of the molecule is CCc1nccc(-c2cccc(N)c2)n1. The van der Waals surface area contributed by atoms with Gasteiger partial charge in [0.15, 0.2) is 0 Å². The minimum absolute atomic E-state index is 0.754. The van der Waals surface area contributed by atoms with Crippen molar-refractivity contribution in [1.29, 1.82) is 0 Å². The summed E-state index contributed by atoms with van der Waals surface area (Å²) in [6, 6.07) is 9.61. The van der Waals surface area contributed by atoms with Crippen molar-refractivity contribution in [3.8, 4) is 11.3 Å². The topological polar surface area (TPSA) is 51.8 Å². The van der Waals surface area contributed by atoms with Gasteiger partial charge in [0, 0.05) is 23.9 Å². The van der Waals surface area contributed by atoms with E-state index < -0.39 is 0 Å². The van der Waals surface area contributed by atoms with Gasteiger partial charge in [-0.25, -0.2) is 9.97 Å². The lowest BCUT2D eigenvalue weighted by molar-refractivity contribution is 0.943. The van der Waals surface area contributed by atoms with E-state index in [9.17, 15) is 0 Å². The van der Waals surface area contributed by atoms with Gasteiger partial charge in [0.05, 0.1) is 5.69 Å². The number of hydrogen-bond donors (Lipinski definition) is 1. The maximum absolute atomic E-state index is 5.72. The van der Waals surface area contributed by atoms with Crippen LogP contribution in [0, 0.1) is 0 Å². The van der Waals surface area contributed by atoms with Crippen LogP contribution >= 0.6 is 0 Å². The van der Waals surface area contributed by atoms with Crippen LogP contribution in [0.25, 0.3) is 11.3 Å². The molecule has 0 aliphatic rings. The van der Waals surface area contributed by atoms with Crippen molar-refractivity contribution < 1.29 is 0 Å². The fraction of sp³-hybridized carbons (Fsp3) is 0.167. The van der Waals surface area contributed by atoms with Gasteiger partial charge in [-0.1, -0.05) is 19.1 Å². The highest BCUT2D eigenvalue weighted by Gasteiger charge is 2.00. The van der Waals surface area contributed by atoms with Crippen LogP contribution in [0.4, 0.5) is 5.69 Å². The summed E-state index contributed by atoms with van der Waals surface area (Å²) in [6.45, 7) is 2.04. The quantitative estimate of drug-likeness (QED) is 0.755. The molecule has 3 heteroatoms. The van der Waals surface area contributed by atoms with Gasteiger partial charge in [-0.3, -0.25) is 0 Å². The maximum Gasteiger partial charge on any atom is 0.128 e. The lowest BCUT2D eigenvalue weighted by Gasteiger charge is -2.03. The molecule has 0 unspecified atom stereocenters. The molecule has 76 valence electrons. The number of aromatic nitrogens is 2. The van der Waals surface area contributed by atoms with E-state index in [2.05, 4.69) is 9.97 Å². The molecule has 1 aromatic carbocycles. The number of nitrogen functional groups attached to an aromatic ring is 1. The average molecular weight is 199 g/mol. The lowest BCUT2D eigenvalue weighted by Crippen LogP contribution is -1.94. The summed E-state index contributed by atoms with van der Waals surface area (Å²) in [6.07, 6.45) is 2.63. The highest BCUT2D eigenvalue weighted by atomic mass is 14.9. The Morgan fingerprint density at radius 3 is 2.87 bits per heavy atom. The molecule has 15 heavy (non-hydrogen) atoms. The number of anilines is 1. The van der Waals surface area contributed by atoms with E-state index in [4.69, 9.17) is 5.73 Å². The van der Waals surface area contributed by atoms with Gasteiger partial charge >= 0.3 is 0 Å². The minimum atomic E-state index is 0.754. The molecule has 1 heterocycles. The first-order valence-corrected chi connectivity index (χ1v) is 4.97. The van der Waals surface area contributed by atoms with Gasteiger partial charge in [0.1, 0.15) is 5.82 Å². The first-order chi connectivity index (χ1) is 7.29. The molecule has 0 fully saturated rings. The Morgan fingerprint density at radius 1 is 1.27 bits per heavy atom. The predicted molar refractivity (Wildman–Crippen MR) is 61.3 cm³/mol. The third kappa shape index (κ3) is 2.13. The second-order valence-electron chi connectivity index (χ2n) is 3.34. The number of benzene rings is 1. The molecule has 0 aliphatic carbocycles. The molecule has 1 aromatic heterocycles. The Bertz CT molecular complexity index is 466. The van der Waals surface area contributed by atoms with Crippen LogP contribution in [0.1, 0.15) is 12.7 Å². The van der Waals surface area contributed by atoms with E-state index in [-0.39, 0.29) is 0 Å². The molecule has 0 saturated heterocycles. The van der Waals surface area contributed by atoms with Crippen molar-refractivity contribution in [3.05, 3.63) is 42.4 Å². The van der Waals surface area contributed by atoms with Crippen LogP contribution < -0.4 is 5.73 Å². The summed E-state index contributed by atoms with van der Waals surface area (Å²) in [4.78, 5) is 8.60. The first kappa shape index (κ1) is 9.65. The third-order valence-corrected chi connectivity index (χ3v) is 2.20. The van der Waals surface area contributed by atoms with E-state index in [0.29, 0.717) is 0 Å². The van der Waals surface area contributed by atoms with Gasteiger partial charge in [0.25, 0.3) is 0 Å². The van der Waals surface area contributed by atoms with E-state index in [0.717, 1.165) is 29.2 Å². The molecule has 0 aliphatic heterocycles. The number of rotatable bonds is 2. The standard InChI is InChI=1S/C12H13N3/c1-2-12-14-7-6-11(15-12)9-4-3-5-10(13)8-9/h3-8H,2,13H2,1H3. The monoisotopic (exact) mass is 199 g/mol. The highest BCUT2D eigenvalue weighted by Crippen LogP contribution is 2.18. The smallest absolute Gasteiger partial charge is 0.128 e. The molecule has 2 rings (SSSR count). The zero-order valence-electron chi connectivity index (χ0n) is 8.64. The number of nitrogens with two attached hydrogens (primary N) is 1. The van der Waals surface area contributed by atoms with Crippen LogP contribution in [-0.2, 0) is 6.42 Å². The van der Waals surface area contributed by atoms with Crippen LogP contribution in [0.15, 0.2) is 36.5 Å². The largest absolute Gasteiger partial charge is 0.399 e. The van der Waals surface area contributed by atoms with Gasteiger partial charge in [0.2, 0.25) is 0 Å². The highest BCUT2D eigenvalue weighted by molar-refractivity contribution is 5.63. The van der Waals surface area contributed by atoms with Gasteiger partial charge in [-0.15, -0.1) is 0 Å². The van der Waals surface area contributed by atoms with Crippen LogP contribution in [-0.4, -0.2) is 9.97 Å². The van der Waals surface area contributed by atoms with Crippen LogP contribution in [0.5, 0.6) is 0 Å². The van der Waals surface area contributed by atoms with Crippen LogP contribution in [0.3, 0.4) is 0 Å².